The van der Waals surface area contributed by atoms with Gasteiger partial charge < -0.3 is 9.47 Å². The van der Waals surface area contributed by atoms with Gasteiger partial charge in [-0.3, -0.25) is 0 Å². The number of hydrogen-bond donors (Lipinski definition) is 0. The lowest BCUT2D eigenvalue weighted by atomic mass is 10.4. The number of carbonyl (C=O) groups excluding carboxylic acids is 1. The van der Waals surface area contributed by atoms with Crippen molar-refractivity contribution in [3.8, 4) is 0 Å². The molecular formula is C9H14O3. The van der Waals surface area contributed by atoms with Crippen molar-refractivity contribution in [2.24, 2.45) is 0 Å². The molecule has 0 aromatic rings. The highest BCUT2D eigenvalue weighted by Crippen LogP contribution is 1.98. The van der Waals surface area contributed by atoms with Crippen LogP contribution in [0.3, 0.4) is 0 Å². The lowest BCUT2D eigenvalue weighted by Gasteiger charge is -2.05. The molecule has 0 bridgehead atoms. The monoisotopic (exact) mass is 170 g/mol. The van der Waals surface area contributed by atoms with Crippen LogP contribution in [0.1, 0.15) is 13.3 Å². The van der Waals surface area contributed by atoms with E-state index in [-0.39, 0.29) is 5.76 Å². The quantitative estimate of drug-likeness (QED) is 0.200. The van der Waals surface area contributed by atoms with Crippen molar-refractivity contribution in [3.63, 3.8) is 0 Å². The van der Waals surface area contributed by atoms with Crippen molar-refractivity contribution in [1.29, 1.82) is 0 Å². The van der Waals surface area contributed by atoms with Crippen LogP contribution in [0.15, 0.2) is 25.0 Å². The summed E-state index contributed by atoms with van der Waals surface area (Å²) in [6.45, 7) is 9.41. The van der Waals surface area contributed by atoms with Crippen molar-refractivity contribution in [1.82, 2.24) is 0 Å². The van der Waals surface area contributed by atoms with E-state index in [1.54, 1.807) is 13.0 Å². The van der Waals surface area contributed by atoms with Gasteiger partial charge in [-0.25, -0.2) is 4.79 Å². The summed E-state index contributed by atoms with van der Waals surface area (Å²) in [7, 11) is 0. The highest BCUT2D eigenvalue weighted by Gasteiger charge is 2.07. The lowest BCUT2D eigenvalue weighted by molar-refractivity contribution is -0.142. The van der Waals surface area contributed by atoms with Crippen molar-refractivity contribution in [2.45, 2.75) is 13.3 Å². The van der Waals surface area contributed by atoms with Gasteiger partial charge in [0.15, 0.2) is 5.76 Å². The molecule has 0 rings (SSSR count). The molecule has 3 heteroatoms. The molecule has 0 radical (unpaired) electrons. The van der Waals surface area contributed by atoms with Gasteiger partial charge in [0.2, 0.25) is 0 Å². The largest absolute Gasteiger partial charge is 0.487 e. The lowest BCUT2D eigenvalue weighted by Crippen LogP contribution is -2.09. The molecule has 0 N–H and O–H groups in total. The Balaban J connectivity index is 3.57. The molecule has 0 aliphatic rings. The van der Waals surface area contributed by atoms with E-state index in [0.717, 1.165) is 0 Å². The Kier molecular flexibility index (Phi) is 5.79. The van der Waals surface area contributed by atoms with Gasteiger partial charge in [0.1, 0.15) is 0 Å². The average molecular weight is 170 g/mol. The first kappa shape index (κ1) is 10.8. The minimum absolute atomic E-state index is 0.0544. The van der Waals surface area contributed by atoms with E-state index in [1.165, 1.54) is 0 Å². The van der Waals surface area contributed by atoms with Gasteiger partial charge in [0, 0.05) is 0 Å². The normalized spacial score (nSPS) is 8.75. The molecule has 0 amide bonds. The number of rotatable bonds is 6. The van der Waals surface area contributed by atoms with Gasteiger partial charge in [-0.2, -0.15) is 0 Å². The van der Waals surface area contributed by atoms with Gasteiger partial charge in [-0.15, -0.1) is 6.58 Å². The maximum atomic E-state index is 10.9. The summed E-state index contributed by atoms with van der Waals surface area (Å²) in [5.41, 5.74) is 0. The number of carbonyl (C=O) groups is 1. The number of ether oxygens (including phenoxy) is 2. The van der Waals surface area contributed by atoms with Gasteiger partial charge >= 0.3 is 5.97 Å². The van der Waals surface area contributed by atoms with Crippen molar-refractivity contribution >= 4 is 5.97 Å². The van der Waals surface area contributed by atoms with Crippen LogP contribution in [-0.4, -0.2) is 19.2 Å². The second-order valence-corrected chi connectivity index (χ2v) is 2.07. The van der Waals surface area contributed by atoms with Crippen LogP contribution in [-0.2, 0) is 14.3 Å². The first-order valence-corrected chi connectivity index (χ1v) is 3.82. The third-order valence-electron chi connectivity index (χ3n) is 1.10. The van der Waals surface area contributed by atoms with Gasteiger partial charge in [-0.05, 0) is 19.9 Å². The first-order chi connectivity index (χ1) is 5.72. The molecule has 0 aliphatic heterocycles. The Morgan fingerprint density at radius 2 is 2.17 bits per heavy atom. The van der Waals surface area contributed by atoms with Crippen molar-refractivity contribution in [3.05, 3.63) is 25.0 Å². The summed E-state index contributed by atoms with van der Waals surface area (Å²) in [4.78, 5) is 10.9. The molecule has 0 unspecified atom stereocenters. The van der Waals surface area contributed by atoms with E-state index in [2.05, 4.69) is 17.9 Å². The molecule has 68 valence electrons. The number of esters is 1. The van der Waals surface area contributed by atoms with E-state index in [0.29, 0.717) is 19.6 Å². The smallest absolute Gasteiger partial charge is 0.372 e. The highest BCUT2D eigenvalue weighted by molar-refractivity contribution is 5.85. The molecule has 0 aliphatic carbocycles. The molecule has 0 aromatic heterocycles. The third-order valence-corrected chi connectivity index (χ3v) is 1.10. The molecule has 3 nitrogen and oxygen atoms in total. The molecule has 0 saturated carbocycles. The summed E-state index contributed by atoms with van der Waals surface area (Å²) >= 11 is 0. The Morgan fingerprint density at radius 1 is 1.50 bits per heavy atom. The fourth-order valence-corrected chi connectivity index (χ4v) is 0.536. The van der Waals surface area contributed by atoms with Crippen LogP contribution >= 0.6 is 0 Å². The Labute approximate surface area is 72.7 Å². The molecule has 0 spiro atoms. The molecule has 12 heavy (non-hydrogen) atoms. The van der Waals surface area contributed by atoms with Crippen LogP contribution in [0, 0.1) is 0 Å². The van der Waals surface area contributed by atoms with Crippen LogP contribution in [0.2, 0.25) is 0 Å². The van der Waals surface area contributed by atoms with Crippen molar-refractivity contribution in [2.75, 3.05) is 13.2 Å². The summed E-state index contributed by atoms with van der Waals surface area (Å²) in [6, 6.07) is 0. The van der Waals surface area contributed by atoms with Crippen LogP contribution in [0.4, 0.5) is 0 Å². The van der Waals surface area contributed by atoms with Crippen LogP contribution in [0.5, 0.6) is 0 Å². The molecule has 0 heterocycles. The zero-order valence-electron chi connectivity index (χ0n) is 7.34. The standard InChI is InChI=1S/C9H14O3/c1-4-6-7-12-8(3)9(10)11-5-2/h4H,1,3,5-7H2,2H3. The Morgan fingerprint density at radius 3 is 2.67 bits per heavy atom. The summed E-state index contributed by atoms with van der Waals surface area (Å²) in [5.74, 6) is -0.444. The highest BCUT2D eigenvalue weighted by atomic mass is 16.6. The maximum Gasteiger partial charge on any atom is 0.372 e. The first-order valence-electron chi connectivity index (χ1n) is 3.82. The number of hydrogen-bond acceptors (Lipinski definition) is 3. The van der Waals surface area contributed by atoms with Gasteiger partial charge in [-0.1, -0.05) is 6.08 Å². The van der Waals surface area contributed by atoms with Crippen LogP contribution < -0.4 is 0 Å². The third kappa shape index (κ3) is 4.55. The summed E-state index contributed by atoms with van der Waals surface area (Å²) < 4.78 is 9.60. The van der Waals surface area contributed by atoms with Crippen LogP contribution in [0.25, 0.3) is 0 Å². The molecule has 0 fully saturated rings. The minimum Gasteiger partial charge on any atom is -0.487 e. The van der Waals surface area contributed by atoms with Gasteiger partial charge in [0.05, 0.1) is 13.2 Å². The fraction of sp³-hybridized carbons (Fsp3) is 0.444. The van der Waals surface area contributed by atoms with E-state index >= 15 is 0 Å². The molecule has 0 aromatic carbocycles. The van der Waals surface area contributed by atoms with E-state index < -0.39 is 5.97 Å². The van der Waals surface area contributed by atoms with E-state index in [9.17, 15) is 4.79 Å². The fourth-order valence-electron chi connectivity index (χ4n) is 0.536. The molecule has 0 atom stereocenters. The summed E-state index contributed by atoms with van der Waals surface area (Å²) in [5, 5.41) is 0. The average Bonchev–Trinajstić information content (AvgIpc) is 2.05. The Hall–Kier alpha value is -1.25. The Bertz CT molecular complexity index is 173. The molecular weight excluding hydrogens is 156 g/mol. The summed E-state index contributed by atoms with van der Waals surface area (Å²) in [6.07, 6.45) is 2.40. The second kappa shape index (κ2) is 6.46. The topological polar surface area (TPSA) is 35.5 Å². The maximum absolute atomic E-state index is 10.9. The zero-order valence-corrected chi connectivity index (χ0v) is 7.34. The molecule has 0 saturated heterocycles. The van der Waals surface area contributed by atoms with Gasteiger partial charge in [0.25, 0.3) is 0 Å². The second-order valence-electron chi connectivity index (χ2n) is 2.07. The van der Waals surface area contributed by atoms with Crippen molar-refractivity contribution < 1.29 is 14.3 Å². The zero-order chi connectivity index (χ0) is 9.40. The predicted octanol–water partition coefficient (Wildman–Crippen LogP) is 1.66. The predicted molar refractivity (Wildman–Crippen MR) is 46.5 cm³/mol. The van der Waals surface area contributed by atoms with E-state index in [4.69, 9.17) is 4.74 Å². The minimum atomic E-state index is -0.499. The van der Waals surface area contributed by atoms with E-state index in [1.807, 2.05) is 0 Å². The SMILES string of the molecule is C=CCCOC(=C)C(=O)OCC.